The molecule has 0 saturated heterocycles. The van der Waals surface area contributed by atoms with Crippen molar-refractivity contribution < 1.29 is 9.53 Å². The van der Waals surface area contributed by atoms with Crippen LogP contribution in [0.2, 0.25) is 0 Å². The number of anilines is 1. The van der Waals surface area contributed by atoms with E-state index in [2.05, 4.69) is 0 Å². The molecule has 0 unspecified atom stereocenters. The van der Waals surface area contributed by atoms with Gasteiger partial charge in [0.1, 0.15) is 5.75 Å². The van der Waals surface area contributed by atoms with Gasteiger partial charge in [-0.1, -0.05) is 6.07 Å². The molecular formula is C14H19N3O2. The lowest BCUT2D eigenvalue weighted by Gasteiger charge is -2.32. The normalized spacial score (nSPS) is 19.9. The Morgan fingerprint density at radius 3 is 2.74 bits per heavy atom. The first kappa shape index (κ1) is 12.4. The first-order valence-electron chi connectivity index (χ1n) is 6.64. The number of benzene rings is 1. The molecule has 2 aliphatic rings. The second-order valence-electron chi connectivity index (χ2n) is 5.48. The van der Waals surface area contributed by atoms with E-state index in [1.165, 1.54) is 0 Å². The van der Waals surface area contributed by atoms with E-state index in [1.54, 1.807) is 0 Å². The van der Waals surface area contributed by atoms with Crippen molar-refractivity contribution >= 4 is 11.6 Å². The third-order valence-corrected chi connectivity index (χ3v) is 4.09. The Kier molecular flexibility index (Phi) is 2.95. The van der Waals surface area contributed by atoms with Crippen molar-refractivity contribution in [2.45, 2.75) is 19.4 Å². The third-order valence-electron chi connectivity index (χ3n) is 4.09. The van der Waals surface area contributed by atoms with E-state index in [0.29, 0.717) is 19.6 Å². The van der Waals surface area contributed by atoms with E-state index in [-0.39, 0.29) is 17.9 Å². The number of hydrogen-bond acceptors (Lipinski definition) is 4. The van der Waals surface area contributed by atoms with Crippen LogP contribution < -0.4 is 21.1 Å². The molecule has 1 aliphatic carbocycles. The molecule has 1 fully saturated rings. The first-order valence-corrected chi connectivity index (χ1v) is 6.64. The molecule has 1 aliphatic heterocycles. The van der Waals surface area contributed by atoms with Gasteiger partial charge in [0.05, 0.1) is 5.69 Å². The van der Waals surface area contributed by atoms with E-state index in [1.807, 2.05) is 23.1 Å². The number of nitrogens with two attached hydrogens (primary N) is 2. The van der Waals surface area contributed by atoms with E-state index in [9.17, 15) is 4.79 Å². The number of carbonyl (C=O) groups excluding carboxylic acids is 1. The summed E-state index contributed by atoms with van der Waals surface area (Å²) in [5.41, 5.74) is 13.4. The van der Waals surface area contributed by atoms with Crippen LogP contribution in [0.4, 0.5) is 5.69 Å². The van der Waals surface area contributed by atoms with Gasteiger partial charge in [0, 0.05) is 18.5 Å². The van der Waals surface area contributed by atoms with Crippen molar-refractivity contribution in [3.63, 3.8) is 0 Å². The molecule has 1 heterocycles. The summed E-state index contributed by atoms with van der Waals surface area (Å²) in [6.45, 7) is 1.88. The van der Waals surface area contributed by atoms with Crippen LogP contribution in [0.5, 0.6) is 5.75 Å². The van der Waals surface area contributed by atoms with Crippen molar-refractivity contribution in [1.29, 1.82) is 0 Å². The predicted molar refractivity (Wildman–Crippen MR) is 72.9 cm³/mol. The summed E-state index contributed by atoms with van der Waals surface area (Å²) in [6, 6.07) is 5.76. The fourth-order valence-corrected chi connectivity index (χ4v) is 2.49. The van der Waals surface area contributed by atoms with E-state index < -0.39 is 0 Å². The fourth-order valence-electron chi connectivity index (χ4n) is 2.49. The Labute approximate surface area is 112 Å². The molecule has 0 bridgehead atoms. The van der Waals surface area contributed by atoms with Gasteiger partial charge >= 0.3 is 0 Å². The van der Waals surface area contributed by atoms with Crippen molar-refractivity contribution in [2.75, 3.05) is 24.6 Å². The second-order valence-corrected chi connectivity index (χ2v) is 5.48. The Balaban J connectivity index is 1.93. The molecule has 1 aromatic rings. The number of ether oxygens (including phenoxy) is 1. The van der Waals surface area contributed by atoms with Crippen LogP contribution in [0.3, 0.4) is 0 Å². The van der Waals surface area contributed by atoms with E-state index in [0.717, 1.165) is 29.8 Å². The van der Waals surface area contributed by atoms with Gasteiger partial charge in [0.25, 0.3) is 5.91 Å². The molecule has 3 rings (SSSR count). The van der Waals surface area contributed by atoms with Crippen molar-refractivity contribution in [3.05, 3.63) is 23.8 Å². The Morgan fingerprint density at radius 1 is 1.32 bits per heavy atom. The molecule has 4 N–H and O–H groups in total. The molecule has 5 nitrogen and oxygen atoms in total. The zero-order valence-corrected chi connectivity index (χ0v) is 10.9. The topological polar surface area (TPSA) is 81.6 Å². The Morgan fingerprint density at radius 2 is 2.11 bits per heavy atom. The summed E-state index contributed by atoms with van der Waals surface area (Å²) < 4.78 is 5.47. The Bertz CT molecular complexity index is 511. The highest BCUT2D eigenvalue weighted by Gasteiger charge is 2.44. The van der Waals surface area contributed by atoms with Crippen LogP contribution >= 0.6 is 0 Å². The van der Waals surface area contributed by atoms with Crippen molar-refractivity contribution in [1.82, 2.24) is 0 Å². The lowest BCUT2D eigenvalue weighted by atomic mass is 10.0. The summed E-state index contributed by atoms with van der Waals surface area (Å²) >= 11 is 0. The van der Waals surface area contributed by atoms with Gasteiger partial charge in [-0.2, -0.15) is 0 Å². The number of rotatable bonds is 4. The van der Waals surface area contributed by atoms with Gasteiger partial charge in [-0.25, -0.2) is 0 Å². The maximum absolute atomic E-state index is 12.1. The number of carbonyl (C=O) groups is 1. The summed E-state index contributed by atoms with van der Waals surface area (Å²) in [5, 5.41) is 0. The molecule has 1 aromatic carbocycles. The van der Waals surface area contributed by atoms with E-state index >= 15 is 0 Å². The minimum atomic E-state index is 0.00129. The Hall–Kier alpha value is -1.59. The summed E-state index contributed by atoms with van der Waals surface area (Å²) in [6.07, 6.45) is 2.19. The minimum Gasteiger partial charge on any atom is -0.482 e. The lowest BCUT2D eigenvalue weighted by molar-refractivity contribution is -0.121. The quantitative estimate of drug-likeness (QED) is 0.832. The highest BCUT2D eigenvalue weighted by Crippen LogP contribution is 2.47. The molecule has 0 spiro atoms. The van der Waals surface area contributed by atoms with Crippen LogP contribution in [-0.4, -0.2) is 25.6 Å². The number of fused-ring (bicyclic) bond motifs is 1. The molecule has 0 atom stereocenters. The lowest BCUT2D eigenvalue weighted by Crippen LogP contribution is -2.43. The molecular weight excluding hydrogens is 242 g/mol. The largest absolute Gasteiger partial charge is 0.482 e. The maximum Gasteiger partial charge on any atom is 0.265 e. The fraction of sp³-hybridized carbons (Fsp3) is 0.500. The van der Waals surface area contributed by atoms with Gasteiger partial charge in [-0.05, 0) is 37.1 Å². The molecule has 0 radical (unpaired) electrons. The van der Waals surface area contributed by atoms with E-state index in [4.69, 9.17) is 16.2 Å². The zero-order chi connectivity index (χ0) is 13.5. The summed E-state index contributed by atoms with van der Waals surface area (Å²) in [5.74, 6) is 0.756. The highest BCUT2D eigenvalue weighted by molar-refractivity contribution is 5.98. The summed E-state index contributed by atoms with van der Waals surface area (Å²) in [7, 11) is 0. The second kappa shape index (κ2) is 4.51. The van der Waals surface area contributed by atoms with Gasteiger partial charge in [-0.3, -0.25) is 4.79 Å². The molecule has 102 valence electrons. The summed E-state index contributed by atoms with van der Waals surface area (Å²) in [4.78, 5) is 13.9. The van der Waals surface area contributed by atoms with Crippen LogP contribution in [0.15, 0.2) is 18.2 Å². The van der Waals surface area contributed by atoms with Crippen molar-refractivity contribution in [3.8, 4) is 5.75 Å². The van der Waals surface area contributed by atoms with Crippen LogP contribution in [0.1, 0.15) is 18.4 Å². The van der Waals surface area contributed by atoms with Crippen LogP contribution in [-0.2, 0) is 11.3 Å². The first-order chi connectivity index (χ1) is 9.17. The molecule has 5 heteroatoms. The molecule has 1 saturated carbocycles. The monoisotopic (exact) mass is 261 g/mol. The third kappa shape index (κ3) is 2.19. The van der Waals surface area contributed by atoms with Gasteiger partial charge in [0.15, 0.2) is 6.61 Å². The minimum absolute atomic E-state index is 0.00129. The highest BCUT2D eigenvalue weighted by atomic mass is 16.5. The SMILES string of the molecule is NCc1ccc2c(c1)N(CC1(CN)CC1)C(=O)CO2. The maximum atomic E-state index is 12.1. The van der Waals surface area contributed by atoms with Gasteiger partial charge < -0.3 is 21.1 Å². The molecule has 19 heavy (non-hydrogen) atoms. The van der Waals surface area contributed by atoms with Gasteiger partial charge in [-0.15, -0.1) is 0 Å². The average molecular weight is 261 g/mol. The number of amides is 1. The average Bonchev–Trinajstić information content (AvgIpc) is 3.22. The molecule has 1 amide bonds. The molecule has 0 aromatic heterocycles. The number of hydrogen-bond donors (Lipinski definition) is 2. The van der Waals surface area contributed by atoms with Crippen LogP contribution in [0.25, 0.3) is 0 Å². The van der Waals surface area contributed by atoms with Crippen LogP contribution in [0, 0.1) is 5.41 Å². The zero-order valence-electron chi connectivity index (χ0n) is 10.9. The number of nitrogens with zero attached hydrogens (tertiary/aromatic N) is 1. The predicted octanol–water partition coefficient (Wildman–Crippen LogP) is 0.610. The standard InChI is InChI=1S/C14H19N3O2/c15-6-10-1-2-12-11(5-10)17(13(18)7-19-12)9-14(8-16)3-4-14/h1-2,5H,3-4,6-9,15-16H2. The smallest absolute Gasteiger partial charge is 0.265 e. The van der Waals surface area contributed by atoms with Gasteiger partial charge in [0.2, 0.25) is 0 Å². The van der Waals surface area contributed by atoms with Crippen molar-refractivity contribution in [2.24, 2.45) is 16.9 Å².